The van der Waals surface area contributed by atoms with E-state index in [0.717, 1.165) is 42.3 Å². The normalized spacial score (nSPS) is 14.1. The lowest BCUT2D eigenvalue weighted by atomic mass is 10.1. The molecule has 2 N–H and O–H groups in total. The average molecular weight is 426 g/mol. The molecule has 5 nitrogen and oxygen atoms in total. The first-order valence-electron chi connectivity index (χ1n) is 10.1. The van der Waals surface area contributed by atoms with Crippen molar-refractivity contribution in [3.8, 4) is 5.75 Å². The zero-order valence-electron chi connectivity index (χ0n) is 16.8. The lowest BCUT2D eigenvalue weighted by Crippen LogP contribution is -2.42. The van der Waals surface area contributed by atoms with Crippen LogP contribution in [0.1, 0.15) is 31.2 Å². The minimum atomic E-state index is -0.293. The van der Waals surface area contributed by atoms with Crippen LogP contribution in [0.3, 0.4) is 0 Å². The van der Waals surface area contributed by atoms with Crippen LogP contribution in [-0.2, 0) is 6.54 Å². The summed E-state index contributed by atoms with van der Waals surface area (Å²) in [7, 11) is 1.60. The van der Waals surface area contributed by atoms with Crippen molar-refractivity contribution in [1.82, 2.24) is 9.88 Å². The number of rotatable bonds is 5. The molecule has 0 radical (unpaired) electrons. The van der Waals surface area contributed by atoms with Gasteiger partial charge in [-0.2, -0.15) is 0 Å². The summed E-state index contributed by atoms with van der Waals surface area (Å²) in [5, 5.41) is 4.68. The van der Waals surface area contributed by atoms with E-state index in [9.17, 15) is 9.18 Å². The molecule has 0 unspecified atom stereocenters. The molecule has 1 aliphatic carbocycles. The maximum atomic E-state index is 13.2. The quantitative estimate of drug-likeness (QED) is 0.574. The summed E-state index contributed by atoms with van der Waals surface area (Å²) in [6.07, 6.45) is 4.37. The predicted molar refractivity (Wildman–Crippen MR) is 122 cm³/mol. The smallest absolute Gasteiger partial charge is 0.253 e. The van der Waals surface area contributed by atoms with Gasteiger partial charge in [0.25, 0.3) is 5.56 Å². The fraction of sp³-hybridized carbons (Fsp3) is 0.304. The molecule has 7 heteroatoms. The minimum absolute atomic E-state index is 0.136. The van der Waals surface area contributed by atoms with Gasteiger partial charge in [0, 0.05) is 23.4 Å². The standard InChI is InChI=1S/C23H24FN3O2S/c1-29-20-11-6-15-12-16(22(28)26-21(15)13-20)14-27(19-4-2-3-5-19)23(30)25-18-9-7-17(24)8-10-18/h6-13,19H,2-5,14H2,1H3,(H,25,30)(H,26,28). The number of pyridine rings is 1. The first-order chi connectivity index (χ1) is 14.5. The van der Waals surface area contributed by atoms with E-state index in [1.165, 1.54) is 12.1 Å². The molecule has 1 fully saturated rings. The van der Waals surface area contributed by atoms with Crippen LogP contribution >= 0.6 is 12.2 Å². The molecule has 156 valence electrons. The molecule has 2 aromatic carbocycles. The van der Waals surface area contributed by atoms with E-state index in [1.54, 1.807) is 19.2 Å². The van der Waals surface area contributed by atoms with Gasteiger partial charge in [-0.3, -0.25) is 4.79 Å². The van der Waals surface area contributed by atoms with Gasteiger partial charge in [0.05, 0.1) is 19.2 Å². The number of aromatic amines is 1. The Kier molecular flexibility index (Phi) is 5.99. The van der Waals surface area contributed by atoms with Gasteiger partial charge in [-0.05, 0) is 72.9 Å². The van der Waals surface area contributed by atoms with Gasteiger partial charge in [-0.25, -0.2) is 4.39 Å². The minimum Gasteiger partial charge on any atom is -0.497 e. The zero-order chi connectivity index (χ0) is 21.1. The summed E-state index contributed by atoms with van der Waals surface area (Å²) in [4.78, 5) is 17.8. The van der Waals surface area contributed by atoms with Gasteiger partial charge in [0.15, 0.2) is 5.11 Å². The average Bonchev–Trinajstić information content (AvgIpc) is 3.27. The van der Waals surface area contributed by atoms with Crippen LogP contribution in [0.4, 0.5) is 10.1 Å². The number of hydrogen-bond donors (Lipinski definition) is 2. The highest BCUT2D eigenvalue weighted by molar-refractivity contribution is 7.80. The van der Waals surface area contributed by atoms with Crippen molar-refractivity contribution in [3.05, 3.63) is 70.3 Å². The number of nitrogens with zero attached hydrogens (tertiary/aromatic N) is 1. The van der Waals surface area contributed by atoms with Gasteiger partial charge >= 0.3 is 0 Å². The number of aromatic nitrogens is 1. The molecule has 1 saturated carbocycles. The van der Waals surface area contributed by atoms with Gasteiger partial charge < -0.3 is 19.9 Å². The second kappa shape index (κ2) is 8.83. The molecule has 0 bridgehead atoms. The van der Waals surface area contributed by atoms with Crippen molar-refractivity contribution >= 4 is 33.9 Å². The number of anilines is 1. The van der Waals surface area contributed by atoms with Crippen molar-refractivity contribution in [2.24, 2.45) is 0 Å². The zero-order valence-corrected chi connectivity index (χ0v) is 17.6. The maximum Gasteiger partial charge on any atom is 0.253 e. The Morgan fingerprint density at radius 2 is 1.93 bits per heavy atom. The molecular formula is C23H24FN3O2S. The maximum absolute atomic E-state index is 13.2. The topological polar surface area (TPSA) is 57.4 Å². The molecule has 0 atom stereocenters. The van der Waals surface area contributed by atoms with Gasteiger partial charge in [-0.15, -0.1) is 0 Å². The van der Waals surface area contributed by atoms with Crippen molar-refractivity contribution in [1.29, 1.82) is 0 Å². The molecule has 3 aromatic rings. The van der Waals surface area contributed by atoms with Gasteiger partial charge in [0.1, 0.15) is 11.6 Å². The molecule has 0 aliphatic heterocycles. The van der Waals surface area contributed by atoms with E-state index in [-0.39, 0.29) is 17.4 Å². The highest BCUT2D eigenvalue weighted by Crippen LogP contribution is 2.26. The highest BCUT2D eigenvalue weighted by Gasteiger charge is 2.25. The lowest BCUT2D eigenvalue weighted by Gasteiger charge is -2.31. The van der Waals surface area contributed by atoms with Crippen molar-refractivity contribution in [2.45, 2.75) is 38.3 Å². The number of thiocarbonyl (C=S) groups is 1. The highest BCUT2D eigenvalue weighted by atomic mass is 32.1. The first kappa shape index (κ1) is 20.3. The first-order valence-corrected chi connectivity index (χ1v) is 10.5. The van der Waals surface area contributed by atoms with Crippen molar-refractivity contribution in [3.63, 3.8) is 0 Å². The number of nitrogens with one attached hydrogen (secondary N) is 2. The summed E-state index contributed by atoms with van der Waals surface area (Å²) in [5.74, 6) is 0.404. The van der Waals surface area contributed by atoms with Gasteiger partial charge in [-0.1, -0.05) is 12.8 Å². The Bertz CT molecular complexity index is 1110. The fourth-order valence-electron chi connectivity index (χ4n) is 3.96. The molecule has 4 rings (SSSR count). The molecule has 0 amide bonds. The second-order valence-corrected chi connectivity index (χ2v) is 7.97. The molecule has 1 aliphatic rings. The SMILES string of the molecule is COc1ccc2cc(CN(C(=S)Nc3ccc(F)cc3)C3CCCC3)c(=O)[nH]c2c1. The molecule has 1 aromatic heterocycles. The Labute approximate surface area is 179 Å². The predicted octanol–water partition coefficient (Wildman–Crippen LogP) is 4.82. The molecule has 0 saturated heterocycles. The van der Waals surface area contributed by atoms with Crippen LogP contribution in [0.2, 0.25) is 0 Å². The number of ether oxygens (including phenoxy) is 1. The van der Waals surface area contributed by atoms with Crippen LogP contribution in [0, 0.1) is 5.82 Å². The number of halogens is 1. The Morgan fingerprint density at radius 1 is 1.20 bits per heavy atom. The van der Waals surface area contributed by atoms with E-state index in [4.69, 9.17) is 17.0 Å². The number of benzene rings is 2. The third kappa shape index (κ3) is 4.46. The van der Waals surface area contributed by atoms with Crippen LogP contribution in [0.25, 0.3) is 10.9 Å². The molecule has 1 heterocycles. The van der Waals surface area contributed by atoms with Crippen molar-refractivity contribution in [2.75, 3.05) is 12.4 Å². The van der Waals surface area contributed by atoms with Crippen LogP contribution < -0.4 is 15.6 Å². The molecular weight excluding hydrogens is 401 g/mol. The Morgan fingerprint density at radius 3 is 2.63 bits per heavy atom. The monoisotopic (exact) mass is 425 g/mol. The van der Waals surface area contributed by atoms with E-state index in [1.807, 2.05) is 24.3 Å². The van der Waals surface area contributed by atoms with Crippen LogP contribution in [0.15, 0.2) is 53.3 Å². The van der Waals surface area contributed by atoms with Gasteiger partial charge in [0.2, 0.25) is 0 Å². The van der Waals surface area contributed by atoms with E-state index < -0.39 is 0 Å². The van der Waals surface area contributed by atoms with Crippen LogP contribution in [-0.4, -0.2) is 28.1 Å². The third-order valence-corrected chi connectivity index (χ3v) is 5.93. The summed E-state index contributed by atoms with van der Waals surface area (Å²) in [5.41, 5.74) is 1.98. The summed E-state index contributed by atoms with van der Waals surface area (Å²) in [6, 6.07) is 13.9. The number of H-pyrrole nitrogens is 1. The van der Waals surface area contributed by atoms with E-state index in [2.05, 4.69) is 15.2 Å². The number of fused-ring (bicyclic) bond motifs is 1. The second-order valence-electron chi connectivity index (χ2n) is 7.58. The fourth-order valence-corrected chi connectivity index (χ4v) is 4.30. The Balaban J connectivity index is 1.61. The summed E-state index contributed by atoms with van der Waals surface area (Å²) < 4.78 is 18.5. The Hall–Kier alpha value is -2.93. The summed E-state index contributed by atoms with van der Waals surface area (Å²) in [6.45, 7) is 0.412. The van der Waals surface area contributed by atoms with E-state index in [0.29, 0.717) is 23.0 Å². The number of methoxy groups -OCH3 is 1. The summed E-state index contributed by atoms with van der Waals surface area (Å²) >= 11 is 5.69. The van der Waals surface area contributed by atoms with E-state index >= 15 is 0 Å². The molecule has 30 heavy (non-hydrogen) atoms. The van der Waals surface area contributed by atoms with Crippen molar-refractivity contribution < 1.29 is 9.13 Å². The molecule has 0 spiro atoms. The largest absolute Gasteiger partial charge is 0.497 e. The van der Waals surface area contributed by atoms with Crippen LogP contribution in [0.5, 0.6) is 5.75 Å². The number of hydrogen-bond acceptors (Lipinski definition) is 3. The third-order valence-electron chi connectivity index (χ3n) is 5.59. The lowest BCUT2D eigenvalue weighted by molar-refractivity contribution is 0.311.